The minimum atomic E-state index is -0.963. The third-order valence-corrected chi connectivity index (χ3v) is 3.99. The van der Waals surface area contributed by atoms with Crippen molar-refractivity contribution >= 4 is 11.8 Å². The van der Waals surface area contributed by atoms with E-state index in [0.29, 0.717) is 23.0 Å². The lowest BCUT2D eigenvalue weighted by molar-refractivity contribution is 0.0574. The number of thioether (sulfide) groups is 1. The summed E-state index contributed by atoms with van der Waals surface area (Å²) in [5.74, 6) is 0.291. The Hall–Kier alpha value is -0.540. The summed E-state index contributed by atoms with van der Waals surface area (Å²) in [6.07, 6.45) is 0.638. The van der Waals surface area contributed by atoms with Gasteiger partial charge in [-0.1, -0.05) is 25.1 Å². The SMILES string of the molecule is CC1CC(O)(c2ccccc2F)CS1. The highest BCUT2D eigenvalue weighted by atomic mass is 32.2. The molecule has 1 heterocycles. The molecule has 1 nitrogen and oxygen atoms in total. The summed E-state index contributed by atoms with van der Waals surface area (Å²) < 4.78 is 13.4. The first-order valence-electron chi connectivity index (χ1n) is 4.71. The van der Waals surface area contributed by atoms with Gasteiger partial charge in [-0.2, -0.15) is 11.8 Å². The van der Waals surface area contributed by atoms with Crippen LogP contribution < -0.4 is 0 Å². The standard InChI is InChI=1S/C11H13FOS/c1-8-6-11(13,7-14-8)9-4-2-3-5-10(9)12/h2-5,8,13H,6-7H2,1H3. The predicted octanol–water partition coefficient (Wildman–Crippen LogP) is 2.54. The predicted molar refractivity (Wildman–Crippen MR) is 56.8 cm³/mol. The van der Waals surface area contributed by atoms with Gasteiger partial charge in [0.05, 0.1) is 0 Å². The molecular formula is C11H13FOS. The molecule has 1 aromatic carbocycles. The largest absolute Gasteiger partial charge is 0.384 e. The molecule has 0 spiro atoms. The van der Waals surface area contributed by atoms with Gasteiger partial charge in [0.1, 0.15) is 11.4 Å². The van der Waals surface area contributed by atoms with E-state index in [9.17, 15) is 9.50 Å². The van der Waals surface area contributed by atoms with Crippen LogP contribution in [0.5, 0.6) is 0 Å². The molecule has 0 saturated carbocycles. The zero-order valence-electron chi connectivity index (χ0n) is 8.03. The molecule has 1 aromatic rings. The van der Waals surface area contributed by atoms with Crippen LogP contribution in [0.2, 0.25) is 0 Å². The third kappa shape index (κ3) is 1.66. The molecule has 1 N–H and O–H groups in total. The van der Waals surface area contributed by atoms with E-state index < -0.39 is 5.60 Å². The van der Waals surface area contributed by atoms with Gasteiger partial charge in [-0.05, 0) is 12.5 Å². The Kier molecular flexibility index (Phi) is 2.54. The fourth-order valence-corrected chi connectivity index (χ4v) is 3.13. The van der Waals surface area contributed by atoms with Gasteiger partial charge in [0, 0.05) is 16.6 Å². The Labute approximate surface area is 87.3 Å². The van der Waals surface area contributed by atoms with Crippen molar-refractivity contribution in [3.8, 4) is 0 Å². The number of hydrogen-bond acceptors (Lipinski definition) is 2. The fourth-order valence-electron chi connectivity index (χ4n) is 1.90. The minimum Gasteiger partial charge on any atom is -0.384 e. The zero-order valence-corrected chi connectivity index (χ0v) is 8.85. The summed E-state index contributed by atoms with van der Waals surface area (Å²) in [7, 11) is 0. The molecule has 1 saturated heterocycles. The van der Waals surface area contributed by atoms with E-state index >= 15 is 0 Å². The van der Waals surface area contributed by atoms with Crippen molar-refractivity contribution in [3.05, 3.63) is 35.6 Å². The molecule has 2 rings (SSSR count). The molecule has 2 unspecified atom stereocenters. The van der Waals surface area contributed by atoms with Crippen molar-refractivity contribution in [3.63, 3.8) is 0 Å². The van der Waals surface area contributed by atoms with E-state index in [1.165, 1.54) is 6.07 Å². The van der Waals surface area contributed by atoms with Crippen molar-refractivity contribution in [2.75, 3.05) is 5.75 Å². The second-order valence-corrected chi connectivity index (χ2v) is 5.26. The van der Waals surface area contributed by atoms with Gasteiger partial charge < -0.3 is 5.11 Å². The molecule has 2 atom stereocenters. The van der Waals surface area contributed by atoms with Crippen LogP contribution in [0.1, 0.15) is 18.9 Å². The van der Waals surface area contributed by atoms with Crippen molar-refractivity contribution < 1.29 is 9.50 Å². The van der Waals surface area contributed by atoms with E-state index in [0.717, 1.165) is 0 Å². The zero-order chi connectivity index (χ0) is 10.2. The van der Waals surface area contributed by atoms with Gasteiger partial charge in [0.15, 0.2) is 0 Å². The maximum Gasteiger partial charge on any atom is 0.129 e. The number of halogens is 1. The van der Waals surface area contributed by atoms with Crippen LogP contribution in [0.4, 0.5) is 4.39 Å². The van der Waals surface area contributed by atoms with Gasteiger partial charge >= 0.3 is 0 Å². The Bertz CT molecular complexity index is 342. The molecular weight excluding hydrogens is 199 g/mol. The third-order valence-electron chi connectivity index (χ3n) is 2.61. The second-order valence-electron chi connectivity index (χ2n) is 3.84. The molecule has 1 fully saturated rings. The maximum absolute atomic E-state index is 13.4. The lowest BCUT2D eigenvalue weighted by Crippen LogP contribution is -2.26. The quantitative estimate of drug-likeness (QED) is 0.772. The van der Waals surface area contributed by atoms with Crippen LogP contribution in [0.15, 0.2) is 24.3 Å². The van der Waals surface area contributed by atoms with Crippen LogP contribution in [-0.2, 0) is 5.60 Å². The topological polar surface area (TPSA) is 20.2 Å². The van der Waals surface area contributed by atoms with E-state index in [-0.39, 0.29) is 5.82 Å². The molecule has 14 heavy (non-hydrogen) atoms. The average molecular weight is 212 g/mol. The molecule has 0 bridgehead atoms. The molecule has 0 aliphatic carbocycles. The summed E-state index contributed by atoms with van der Waals surface area (Å²) in [5, 5.41) is 10.7. The van der Waals surface area contributed by atoms with Gasteiger partial charge in [-0.15, -0.1) is 0 Å². The van der Waals surface area contributed by atoms with E-state index in [1.807, 2.05) is 0 Å². The molecule has 0 radical (unpaired) electrons. The summed E-state index contributed by atoms with van der Waals surface area (Å²) in [6, 6.07) is 6.49. The Morgan fingerprint density at radius 2 is 2.21 bits per heavy atom. The minimum absolute atomic E-state index is 0.301. The van der Waals surface area contributed by atoms with Crippen LogP contribution >= 0.6 is 11.8 Å². The van der Waals surface area contributed by atoms with Gasteiger partial charge in [0.25, 0.3) is 0 Å². The molecule has 3 heteroatoms. The van der Waals surface area contributed by atoms with Crippen LogP contribution in [0.3, 0.4) is 0 Å². The lowest BCUT2D eigenvalue weighted by Gasteiger charge is -2.22. The van der Waals surface area contributed by atoms with Gasteiger partial charge in [0.2, 0.25) is 0 Å². The molecule has 1 aliphatic heterocycles. The highest BCUT2D eigenvalue weighted by Gasteiger charge is 2.39. The van der Waals surface area contributed by atoms with E-state index in [1.54, 1.807) is 30.0 Å². The summed E-state index contributed by atoms with van der Waals surface area (Å²) in [6.45, 7) is 2.06. The molecule has 0 aromatic heterocycles. The monoisotopic (exact) mass is 212 g/mol. The van der Waals surface area contributed by atoms with Crippen LogP contribution in [-0.4, -0.2) is 16.1 Å². The smallest absolute Gasteiger partial charge is 0.129 e. The first kappa shape index (κ1) is 9.99. The van der Waals surface area contributed by atoms with Crippen molar-refractivity contribution in [2.45, 2.75) is 24.2 Å². The van der Waals surface area contributed by atoms with Gasteiger partial charge in [-0.25, -0.2) is 4.39 Å². The van der Waals surface area contributed by atoms with Crippen molar-refractivity contribution in [2.24, 2.45) is 0 Å². The van der Waals surface area contributed by atoms with Crippen LogP contribution in [0, 0.1) is 5.82 Å². The lowest BCUT2D eigenvalue weighted by atomic mass is 9.91. The fraction of sp³-hybridized carbons (Fsp3) is 0.455. The first-order chi connectivity index (χ1) is 6.62. The first-order valence-corrected chi connectivity index (χ1v) is 5.76. The second kappa shape index (κ2) is 3.55. The van der Waals surface area contributed by atoms with E-state index in [4.69, 9.17) is 0 Å². The highest BCUT2D eigenvalue weighted by Crippen LogP contribution is 2.41. The highest BCUT2D eigenvalue weighted by molar-refractivity contribution is 8.00. The number of aliphatic hydroxyl groups is 1. The maximum atomic E-state index is 13.4. The number of rotatable bonds is 1. The Morgan fingerprint density at radius 1 is 1.50 bits per heavy atom. The Balaban J connectivity index is 2.35. The summed E-state index contributed by atoms with van der Waals surface area (Å²) >= 11 is 1.69. The van der Waals surface area contributed by atoms with Crippen molar-refractivity contribution in [1.82, 2.24) is 0 Å². The summed E-state index contributed by atoms with van der Waals surface area (Å²) in [5.41, 5.74) is -0.521. The normalized spacial score (nSPS) is 32.1. The van der Waals surface area contributed by atoms with Crippen molar-refractivity contribution in [1.29, 1.82) is 0 Å². The number of benzene rings is 1. The van der Waals surface area contributed by atoms with Crippen LogP contribution in [0.25, 0.3) is 0 Å². The number of hydrogen-bond donors (Lipinski definition) is 1. The van der Waals surface area contributed by atoms with E-state index in [2.05, 4.69) is 6.92 Å². The van der Waals surface area contributed by atoms with Gasteiger partial charge in [-0.3, -0.25) is 0 Å². The molecule has 76 valence electrons. The molecule has 1 aliphatic rings. The summed E-state index contributed by atoms with van der Waals surface area (Å²) in [4.78, 5) is 0. The average Bonchev–Trinajstić information content (AvgIpc) is 2.48. The Morgan fingerprint density at radius 3 is 2.79 bits per heavy atom. The molecule has 0 amide bonds.